The number of nitrogens with one attached hydrogen (secondary N) is 2. The van der Waals surface area contributed by atoms with Gasteiger partial charge in [0.05, 0.1) is 59.0 Å². The minimum Gasteiger partial charge on any atom is -0.394 e. The minimum atomic E-state index is -2.44. The Labute approximate surface area is 582 Å². The van der Waals surface area contributed by atoms with Gasteiger partial charge in [0, 0.05) is 13.8 Å². The summed E-state index contributed by atoms with van der Waals surface area (Å²) < 4.78 is 100. The molecule has 598 valence electrons. The van der Waals surface area contributed by atoms with E-state index in [0.717, 1.165) is 13.8 Å². The third kappa shape index (κ3) is 18.3. The zero-order valence-corrected chi connectivity index (χ0v) is 55.0. The molecule has 9 aliphatic rings. The molecule has 0 spiro atoms. The molecule has 103 heavy (non-hydrogen) atoms. The molecule has 2 amide bonds. The van der Waals surface area contributed by atoms with Crippen LogP contribution in [0.2, 0.25) is 0 Å². The van der Waals surface area contributed by atoms with Crippen molar-refractivity contribution < 1.29 is 218 Å². The van der Waals surface area contributed by atoms with Crippen molar-refractivity contribution in [1.29, 1.82) is 0 Å². The standard InChI is InChI=1S/C57H96N2O44/c1-12-25(68)33(76)39(82)54(90-12)100-45-24(59-14(3)66)49(86)91-20(8-64)44(45)99-50-23(58-13(2)65)32(75)43(19(7-63)95-50)98-57-48(103-52-37(80)26(69)15(67)9-87-52)47(102-56-41(84)36(79)29(72)18(6-62)94-56)31(74)22(97-57)11-89-53-42(85)46(101-55-40(83)35(78)28(71)17(5-61)93-55)30(73)21(96-53)10-88-51-38(81)34(77)27(70)16(4-60)92-51/h12,15-57,60-64,67-86H,4-11H2,1-3H3,(H,58,65)(H,59,66)/t12-,15+,16+,17+,18+,19+,20+,21+,22+,23+,24+,25+,26-,27+,28+,29+,30+,31+,32+,33+,34-,35-,36-,37+,38-,39-,40-,41-,42-,43+,44+,45+,46-,47-,48-,49+,50-,51-,52-,53-,54-,55+,56+,57-/m0/s1. The van der Waals surface area contributed by atoms with E-state index in [9.17, 15) is 137 Å². The van der Waals surface area contributed by atoms with Crippen molar-refractivity contribution in [2.75, 3.05) is 52.9 Å². The lowest BCUT2D eigenvalue weighted by molar-refractivity contribution is -0.406. The Morgan fingerprint density at radius 2 is 0.680 bits per heavy atom. The second-order valence-corrected chi connectivity index (χ2v) is 26.3. The van der Waals surface area contributed by atoms with Gasteiger partial charge < -0.3 is 219 Å². The molecule has 27 N–H and O–H groups in total. The van der Waals surface area contributed by atoms with E-state index in [2.05, 4.69) is 10.6 Å². The van der Waals surface area contributed by atoms with E-state index in [-0.39, 0.29) is 0 Å². The van der Waals surface area contributed by atoms with Gasteiger partial charge in [-0.1, -0.05) is 0 Å². The Hall–Kier alpha value is -2.74. The molecule has 0 aromatic heterocycles. The number of hydrogen-bond donors (Lipinski definition) is 27. The van der Waals surface area contributed by atoms with Crippen molar-refractivity contribution in [3.05, 3.63) is 0 Å². The summed E-state index contributed by atoms with van der Waals surface area (Å²) in [7, 11) is 0. The number of rotatable bonds is 25. The van der Waals surface area contributed by atoms with Gasteiger partial charge in [-0.2, -0.15) is 0 Å². The molecular formula is C57H96N2O44. The highest BCUT2D eigenvalue weighted by Crippen LogP contribution is 2.40. The predicted octanol–water partition coefficient (Wildman–Crippen LogP) is -18.7. The third-order valence-corrected chi connectivity index (χ3v) is 19.1. The minimum absolute atomic E-state index is 0.799. The van der Waals surface area contributed by atoms with Gasteiger partial charge in [-0.15, -0.1) is 0 Å². The summed E-state index contributed by atoms with van der Waals surface area (Å²) in [6.07, 6.45) is -86.0. The average molecular weight is 1510 g/mol. The second-order valence-electron chi connectivity index (χ2n) is 26.3. The first-order valence-electron chi connectivity index (χ1n) is 32.9. The smallest absolute Gasteiger partial charge is 0.217 e. The van der Waals surface area contributed by atoms with Crippen LogP contribution in [0.3, 0.4) is 0 Å². The molecule has 0 aromatic carbocycles. The Morgan fingerprint density at radius 1 is 0.311 bits per heavy atom. The van der Waals surface area contributed by atoms with Crippen LogP contribution in [-0.2, 0) is 90.1 Å². The van der Waals surface area contributed by atoms with Crippen molar-refractivity contribution in [2.24, 2.45) is 0 Å². The quantitative estimate of drug-likeness (QED) is 0.0404. The summed E-state index contributed by atoms with van der Waals surface area (Å²) in [6, 6.07) is -3.75. The van der Waals surface area contributed by atoms with E-state index in [4.69, 9.17) is 80.5 Å². The zero-order valence-electron chi connectivity index (χ0n) is 55.0. The van der Waals surface area contributed by atoms with Crippen LogP contribution in [0, 0.1) is 0 Å². The van der Waals surface area contributed by atoms with Crippen LogP contribution in [0.1, 0.15) is 20.8 Å². The van der Waals surface area contributed by atoms with Gasteiger partial charge in [0.1, 0.15) is 207 Å². The summed E-state index contributed by atoms with van der Waals surface area (Å²) in [5.74, 6) is -1.82. The lowest BCUT2D eigenvalue weighted by atomic mass is 9.93. The maximum Gasteiger partial charge on any atom is 0.217 e. The van der Waals surface area contributed by atoms with Gasteiger partial charge >= 0.3 is 0 Å². The highest BCUT2D eigenvalue weighted by molar-refractivity contribution is 5.73. The van der Waals surface area contributed by atoms with E-state index in [1.807, 2.05) is 0 Å². The van der Waals surface area contributed by atoms with Crippen LogP contribution >= 0.6 is 0 Å². The molecule has 0 aliphatic carbocycles. The molecule has 44 atom stereocenters. The normalized spacial score (nSPS) is 51.6. The molecule has 9 heterocycles. The van der Waals surface area contributed by atoms with Crippen molar-refractivity contribution in [2.45, 2.75) is 291 Å². The molecular weight excluding hydrogens is 1420 g/mol. The van der Waals surface area contributed by atoms with Crippen LogP contribution < -0.4 is 10.6 Å². The number of aliphatic hydroxyl groups excluding tert-OH is 25. The number of aliphatic hydroxyl groups is 25. The fourth-order valence-electron chi connectivity index (χ4n) is 13.2. The van der Waals surface area contributed by atoms with E-state index in [1.165, 1.54) is 6.92 Å². The van der Waals surface area contributed by atoms with Crippen LogP contribution in [-0.4, -0.2) is 462 Å². The first-order valence-corrected chi connectivity index (χ1v) is 32.9. The SMILES string of the molecule is CC(=O)N[C@@H]1[C@@H](O[C@@H]2O[C@@H](C)[C@@H](O)[C@@H](O)[C@@H]2O)[C@H](O[C@@H]2O[C@H](CO)[C@@H](O[C@@H]3O[C@H](CO[C@H]4O[C@H](CO[C@H]5O[C@H](CO)[C@@H](O)[C@H](O)[C@@H]5O)[C@@H](O)[C@H](O[C@H]5O[C@H](CO)[C@@H](O)[C@H](O)[C@@H]5O)[C@@H]4O)[C@@H](O)[C@H](O[C@H]4O[C@H](CO)[C@@H](O)[C@H](O)[C@@H]4O)[C@@H]3O[C@@H]3OC[C@@H](O)[C@H](O)[C@H]3O)[C@H](O)[C@H]2NC(C)=O)[C@@H](CO)O[C@H]1O. The topological polar surface area (TPSA) is 721 Å². The van der Waals surface area contributed by atoms with Crippen LogP contribution in [0.5, 0.6) is 0 Å². The monoisotopic (exact) mass is 1510 g/mol. The first-order chi connectivity index (χ1) is 48.7. The van der Waals surface area contributed by atoms with Crippen LogP contribution in [0.25, 0.3) is 0 Å². The fourth-order valence-corrected chi connectivity index (χ4v) is 13.2. The van der Waals surface area contributed by atoms with Gasteiger partial charge in [-0.25, -0.2) is 0 Å². The summed E-state index contributed by atoms with van der Waals surface area (Å²) in [4.78, 5) is 25.9. The van der Waals surface area contributed by atoms with E-state index < -0.39 is 335 Å². The maximum absolute atomic E-state index is 13.2. The van der Waals surface area contributed by atoms with Gasteiger partial charge in [-0.05, 0) is 6.92 Å². The Kier molecular flexibility index (Phi) is 29.8. The largest absolute Gasteiger partial charge is 0.394 e. The number of carbonyl (C=O) groups is 2. The molecule has 9 saturated heterocycles. The third-order valence-electron chi connectivity index (χ3n) is 19.1. The van der Waals surface area contributed by atoms with Gasteiger partial charge in [0.15, 0.2) is 56.6 Å². The van der Waals surface area contributed by atoms with Gasteiger partial charge in [0.25, 0.3) is 0 Å². The molecule has 0 radical (unpaired) electrons. The lowest BCUT2D eigenvalue weighted by Gasteiger charge is -2.52. The van der Waals surface area contributed by atoms with Crippen molar-refractivity contribution in [3.63, 3.8) is 0 Å². The van der Waals surface area contributed by atoms with E-state index >= 15 is 0 Å². The van der Waals surface area contributed by atoms with Crippen molar-refractivity contribution >= 4 is 11.8 Å². The molecule has 0 saturated carbocycles. The summed E-state index contributed by atoms with van der Waals surface area (Å²) in [5, 5.41) is 279. The first kappa shape index (κ1) is 84.3. The molecule has 46 nitrogen and oxygen atoms in total. The van der Waals surface area contributed by atoms with E-state index in [1.54, 1.807) is 0 Å². The molecule has 0 bridgehead atoms. The number of amides is 2. The Bertz CT molecular complexity index is 2640. The Morgan fingerprint density at radius 3 is 1.19 bits per heavy atom. The predicted molar refractivity (Wildman–Crippen MR) is 313 cm³/mol. The van der Waals surface area contributed by atoms with Crippen LogP contribution in [0.4, 0.5) is 0 Å². The Balaban J connectivity index is 1.07. The summed E-state index contributed by atoms with van der Waals surface area (Å²) in [5.41, 5.74) is 0. The molecule has 46 heteroatoms. The highest BCUT2D eigenvalue weighted by atomic mass is 16.8. The van der Waals surface area contributed by atoms with Gasteiger partial charge in [0.2, 0.25) is 11.8 Å². The summed E-state index contributed by atoms with van der Waals surface area (Å²) >= 11 is 0. The molecule has 9 rings (SSSR count). The molecule has 9 fully saturated rings. The van der Waals surface area contributed by atoms with E-state index in [0.29, 0.717) is 0 Å². The van der Waals surface area contributed by atoms with Crippen LogP contribution in [0.15, 0.2) is 0 Å². The van der Waals surface area contributed by atoms with Crippen molar-refractivity contribution in [3.8, 4) is 0 Å². The summed E-state index contributed by atoms with van der Waals surface area (Å²) in [6.45, 7) is -5.08. The lowest BCUT2D eigenvalue weighted by Crippen LogP contribution is -2.71. The highest BCUT2D eigenvalue weighted by Gasteiger charge is 2.61. The molecule has 0 aromatic rings. The van der Waals surface area contributed by atoms with Crippen molar-refractivity contribution in [1.82, 2.24) is 10.6 Å². The number of ether oxygens (including phenoxy) is 17. The number of hydrogen-bond acceptors (Lipinski definition) is 44. The maximum atomic E-state index is 13.2. The molecule has 0 unspecified atom stereocenters. The number of carbonyl (C=O) groups excluding carboxylic acids is 2. The fraction of sp³-hybridized carbons (Fsp3) is 0.965. The second kappa shape index (κ2) is 36.4. The average Bonchev–Trinajstić information content (AvgIpc) is 0.764. The molecule has 9 aliphatic heterocycles. The van der Waals surface area contributed by atoms with Gasteiger partial charge in [-0.3, -0.25) is 9.59 Å². The zero-order chi connectivity index (χ0) is 75.6.